The molecule has 2 unspecified atom stereocenters. The number of carboxylic acid groups (broad SMARTS) is 1. The number of nitrogens with one attached hydrogen (secondary N) is 1. The molecule has 0 spiro atoms. The highest BCUT2D eigenvalue weighted by Gasteiger charge is 2.25. The van der Waals surface area contributed by atoms with Crippen LogP contribution in [0.3, 0.4) is 0 Å². The summed E-state index contributed by atoms with van der Waals surface area (Å²) in [4.78, 5) is 22.7. The van der Waals surface area contributed by atoms with E-state index in [1.54, 1.807) is 30.4 Å². The van der Waals surface area contributed by atoms with E-state index < -0.39 is 11.9 Å². The van der Waals surface area contributed by atoms with Crippen molar-refractivity contribution in [2.75, 3.05) is 0 Å². The number of benzene rings is 1. The Morgan fingerprint density at radius 3 is 2.79 bits per heavy atom. The summed E-state index contributed by atoms with van der Waals surface area (Å²) in [5.41, 5.74) is 0.809. The van der Waals surface area contributed by atoms with Crippen LogP contribution in [-0.2, 0) is 4.79 Å². The molecule has 1 aromatic carbocycles. The molecular weight excluding hydrogens is 244 g/mol. The fourth-order valence-corrected chi connectivity index (χ4v) is 1.97. The summed E-state index contributed by atoms with van der Waals surface area (Å²) in [6.45, 7) is 0. The van der Waals surface area contributed by atoms with Gasteiger partial charge in [0.05, 0.1) is 17.6 Å². The van der Waals surface area contributed by atoms with Crippen molar-refractivity contribution in [3.8, 4) is 6.07 Å². The van der Waals surface area contributed by atoms with Gasteiger partial charge in [0.25, 0.3) is 5.91 Å². The second-order valence-corrected chi connectivity index (χ2v) is 4.34. The first-order valence-corrected chi connectivity index (χ1v) is 5.82. The van der Waals surface area contributed by atoms with Crippen LogP contribution in [0.1, 0.15) is 22.3 Å². The van der Waals surface area contributed by atoms with Gasteiger partial charge in [0.1, 0.15) is 0 Å². The van der Waals surface area contributed by atoms with Gasteiger partial charge in [-0.15, -0.1) is 0 Å². The molecule has 19 heavy (non-hydrogen) atoms. The lowest BCUT2D eigenvalue weighted by molar-refractivity contribution is -0.140. The fraction of sp³-hybridized carbons (Fsp3) is 0.214. The number of carbonyl (C=O) groups is 2. The van der Waals surface area contributed by atoms with Gasteiger partial charge in [-0.25, -0.2) is 0 Å². The molecule has 0 aliphatic heterocycles. The minimum absolute atomic E-state index is 0.278. The Labute approximate surface area is 110 Å². The highest BCUT2D eigenvalue weighted by molar-refractivity contribution is 5.95. The summed E-state index contributed by atoms with van der Waals surface area (Å²) in [7, 11) is 0. The largest absolute Gasteiger partial charge is 0.481 e. The number of carbonyl (C=O) groups excluding carboxylic acids is 1. The number of nitriles is 1. The van der Waals surface area contributed by atoms with Crippen molar-refractivity contribution in [3.05, 3.63) is 47.5 Å². The highest BCUT2D eigenvalue weighted by atomic mass is 16.4. The zero-order valence-corrected chi connectivity index (χ0v) is 10.0. The molecular formula is C14H12N2O3. The van der Waals surface area contributed by atoms with E-state index in [4.69, 9.17) is 10.4 Å². The Bertz CT molecular complexity index is 587. The van der Waals surface area contributed by atoms with Gasteiger partial charge in [0.15, 0.2) is 0 Å². The van der Waals surface area contributed by atoms with Crippen LogP contribution in [0.25, 0.3) is 0 Å². The molecule has 0 heterocycles. The maximum atomic E-state index is 11.9. The Hall–Kier alpha value is -2.61. The van der Waals surface area contributed by atoms with Gasteiger partial charge in [-0.2, -0.15) is 5.26 Å². The summed E-state index contributed by atoms with van der Waals surface area (Å²) in [5, 5.41) is 20.3. The van der Waals surface area contributed by atoms with E-state index in [1.807, 2.05) is 6.07 Å². The lowest BCUT2D eigenvalue weighted by Gasteiger charge is -2.12. The monoisotopic (exact) mass is 256 g/mol. The average molecular weight is 256 g/mol. The molecule has 0 saturated carbocycles. The van der Waals surface area contributed by atoms with Gasteiger partial charge in [-0.3, -0.25) is 9.59 Å². The van der Waals surface area contributed by atoms with Gasteiger partial charge >= 0.3 is 5.97 Å². The molecule has 1 aromatic rings. The molecule has 96 valence electrons. The first kappa shape index (κ1) is 12.8. The number of aliphatic carboxylic acids is 1. The molecule has 2 rings (SSSR count). The molecule has 5 heteroatoms. The van der Waals surface area contributed by atoms with Gasteiger partial charge < -0.3 is 10.4 Å². The molecule has 2 N–H and O–H groups in total. The number of hydrogen-bond acceptors (Lipinski definition) is 3. The van der Waals surface area contributed by atoms with Gasteiger partial charge in [-0.1, -0.05) is 18.2 Å². The smallest absolute Gasteiger partial charge is 0.310 e. The zero-order chi connectivity index (χ0) is 13.8. The fourth-order valence-electron chi connectivity index (χ4n) is 1.97. The van der Waals surface area contributed by atoms with Gasteiger partial charge in [-0.05, 0) is 24.6 Å². The van der Waals surface area contributed by atoms with Crippen LogP contribution in [0.4, 0.5) is 0 Å². The van der Waals surface area contributed by atoms with E-state index in [0.717, 1.165) is 0 Å². The molecule has 1 amide bonds. The first-order valence-electron chi connectivity index (χ1n) is 5.82. The van der Waals surface area contributed by atoms with Crippen molar-refractivity contribution < 1.29 is 14.7 Å². The molecule has 1 aliphatic rings. The Balaban J connectivity index is 2.01. The minimum atomic E-state index is -0.889. The van der Waals surface area contributed by atoms with E-state index in [2.05, 4.69) is 5.32 Å². The van der Waals surface area contributed by atoms with Crippen LogP contribution in [0.2, 0.25) is 0 Å². The number of nitrogens with zero attached hydrogens (tertiary/aromatic N) is 1. The van der Waals surface area contributed by atoms with E-state index in [0.29, 0.717) is 17.5 Å². The third kappa shape index (κ3) is 2.99. The molecule has 5 nitrogen and oxygen atoms in total. The maximum Gasteiger partial charge on any atom is 0.310 e. The predicted octanol–water partition coefficient (Wildman–Crippen LogP) is 1.32. The molecule has 1 aliphatic carbocycles. The maximum absolute atomic E-state index is 11.9. The Morgan fingerprint density at radius 1 is 1.37 bits per heavy atom. The van der Waals surface area contributed by atoms with E-state index in [1.165, 1.54) is 6.07 Å². The highest BCUT2D eigenvalue weighted by Crippen LogP contribution is 2.18. The summed E-state index contributed by atoms with van der Waals surface area (Å²) >= 11 is 0. The topological polar surface area (TPSA) is 90.2 Å². The molecule has 0 bridgehead atoms. The van der Waals surface area contributed by atoms with Crippen molar-refractivity contribution >= 4 is 11.9 Å². The van der Waals surface area contributed by atoms with E-state index in [-0.39, 0.29) is 11.9 Å². The third-order valence-electron chi connectivity index (χ3n) is 2.97. The molecule has 2 atom stereocenters. The Morgan fingerprint density at radius 2 is 2.16 bits per heavy atom. The predicted molar refractivity (Wildman–Crippen MR) is 67.3 cm³/mol. The van der Waals surface area contributed by atoms with E-state index in [9.17, 15) is 9.59 Å². The number of rotatable bonds is 3. The van der Waals surface area contributed by atoms with Crippen LogP contribution in [0.15, 0.2) is 36.4 Å². The van der Waals surface area contributed by atoms with Gasteiger partial charge in [0.2, 0.25) is 0 Å². The number of hydrogen-bond donors (Lipinski definition) is 2. The second kappa shape index (κ2) is 5.36. The van der Waals surface area contributed by atoms with Crippen LogP contribution >= 0.6 is 0 Å². The number of amides is 1. The third-order valence-corrected chi connectivity index (χ3v) is 2.97. The van der Waals surface area contributed by atoms with Crippen LogP contribution in [-0.4, -0.2) is 23.0 Å². The summed E-state index contributed by atoms with van der Waals surface area (Å²) in [5.74, 6) is -1.74. The lowest BCUT2D eigenvalue weighted by Crippen LogP contribution is -2.33. The molecule has 0 fully saturated rings. The molecule has 0 saturated heterocycles. The van der Waals surface area contributed by atoms with E-state index >= 15 is 0 Å². The standard InChI is InChI=1S/C14H12N2O3/c15-8-9-2-1-3-10(6-9)13(17)16-12-5-4-11(7-12)14(18)19/h1-6,11-12H,7H2,(H,16,17)(H,18,19). The zero-order valence-electron chi connectivity index (χ0n) is 10.0. The van der Waals surface area contributed by atoms with Gasteiger partial charge in [0, 0.05) is 11.6 Å². The van der Waals surface area contributed by atoms with Crippen molar-refractivity contribution in [2.45, 2.75) is 12.5 Å². The minimum Gasteiger partial charge on any atom is -0.481 e. The summed E-state index contributed by atoms with van der Waals surface area (Å²) < 4.78 is 0. The lowest BCUT2D eigenvalue weighted by atomic mass is 10.1. The van der Waals surface area contributed by atoms with Crippen molar-refractivity contribution in [1.29, 1.82) is 5.26 Å². The van der Waals surface area contributed by atoms with Crippen LogP contribution in [0.5, 0.6) is 0 Å². The second-order valence-electron chi connectivity index (χ2n) is 4.34. The van der Waals surface area contributed by atoms with Crippen LogP contribution < -0.4 is 5.32 Å². The van der Waals surface area contributed by atoms with Crippen molar-refractivity contribution in [3.63, 3.8) is 0 Å². The quantitative estimate of drug-likeness (QED) is 0.798. The molecule has 0 radical (unpaired) electrons. The normalized spacial score (nSPS) is 20.8. The Kier molecular flexibility index (Phi) is 3.62. The SMILES string of the molecule is N#Cc1cccc(C(=O)NC2C=CC(C(=O)O)C2)c1. The first-order chi connectivity index (χ1) is 9.10. The molecule has 0 aromatic heterocycles. The average Bonchev–Trinajstić information content (AvgIpc) is 2.87. The number of carboxylic acids is 1. The summed E-state index contributed by atoms with van der Waals surface area (Å²) in [6, 6.07) is 8.06. The van der Waals surface area contributed by atoms with Crippen molar-refractivity contribution in [2.24, 2.45) is 5.92 Å². The summed E-state index contributed by atoms with van der Waals surface area (Å²) in [6.07, 6.45) is 3.63. The van der Waals surface area contributed by atoms with Crippen molar-refractivity contribution in [1.82, 2.24) is 5.32 Å². The van der Waals surface area contributed by atoms with Crippen LogP contribution in [0, 0.1) is 17.2 Å².